The smallest absolute Gasteiger partial charge is 0.119 e. The molecule has 0 radical (unpaired) electrons. The van der Waals surface area contributed by atoms with Crippen molar-refractivity contribution in [2.45, 2.75) is 65.3 Å². The SMILES string of the molecule is CC(C)Oc1ccc([C@H]2OCCC34C[C@@H](C[C@H]23)C(C)(C)[C@H]4O)cc1. The van der Waals surface area contributed by atoms with E-state index < -0.39 is 0 Å². The summed E-state index contributed by atoms with van der Waals surface area (Å²) in [5, 5.41) is 11.1. The summed E-state index contributed by atoms with van der Waals surface area (Å²) in [5.74, 6) is 1.97. The number of hydrogen-bond donors (Lipinski definition) is 1. The fraction of sp³-hybridized carbons (Fsp3) is 0.714. The van der Waals surface area contributed by atoms with Crippen molar-refractivity contribution in [3.63, 3.8) is 0 Å². The molecule has 3 nitrogen and oxygen atoms in total. The van der Waals surface area contributed by atoms with Gasteiger partial charge in [-0.2, -0.15) is 0 Å². The summed E-state index contributed by atoms with van der Waals surface area (Å²) in [6.07, 6.45) is 3.45. The fourth-order valence-corrected chi connectivity index (χ4v) is 5.76. The lowest BCUT2D eigenvalue weighted by Gasteiger charge is -2.51. The van der Waals surface area contributed by atoms with Crippen LogP contribution in [0.3, 0.4) is 0 Å². The highest BCUT2D eigenvalue weighted by atomic mass is 16.5. The number of hydrogen-bond acceptors (Lipinski definition) is 3. The van der Waals surface area contributed by atoms with Crippen LogP contribution in [0, 0.1) is 22.7 Å². The maximum absolute atomic E-state index is 11.1. The highest BCUT2D eigenvalue weighted by molar-refractivity contribution is 5.31. The summed E-state index contributed by atoms with van der Waals surface area (Å²) < 4.78 is 12.0. The number of fused-ring (bicyclic) bond motifs is 1. The van der Waals surface area contributed by atoms with Crippen molar-refractivity contribution < 1.29 is 14.6 Å². The van der Waals surface area contributed by atoms with Gasteiger partial charge in [-0.25, -0.2) is 0 Å². The van der Waals surface area contributed by atoms with Crippen molar-refractivity contribution in [2.75, 3.05) is 6.61 Å². The van der Waals surface area contributed by atoms with Crippen molar-refractivity contribution in [2.24, 2.45) is 22.7 Å². The van der Waals surface area contributed by atoms with Crippen molar-refractivity contribution in [3.8, 4) is 5.75 Å². The first-order valence-corrected chi connectivity index (χ1v) is 9.41. The van der Waals surface area contributed by atoms with Crippen molar-refractivity contribution in [1.29, 1.82) is 0 Å². The van der Waals surface area contributed by atoms with E-state index in [0.717, 1.165) is 18.8 Å². The van der Waals surface area contributed by atoms with Crippen LogP contribution in [0.2, 0.25) is 0 Å². The molecule has 5 atom stereocenters. The molecular weight excluding hydrogens is 300 g/mol. The Morgan fingerprint density at radius 2 is 1.92 bits per heavy atom. The number of benzene rings is 1. The van der Waals surface area contributed by atoms with Gasteiger partial charge in [-0.1, -0.05) is 26.0 Å². The molecule has 2 aliphatic carbocycles. The van der Waals surface area contributed by atoms with E-state index in [9.17, 15) is 5.11 Å². The highest BCUT2D eigenvalue weighted by Gasteiger charge is 2.67. The number of aliphatic hydroxyl groups is 1. The third kappa shape index (κ3) is 2.24. The molecule has 1 spiro atoms. The summed E-state index contributed by atoms with van der Waals surface area (Å²) >= 11 is 0. The number of rotatable bonds is 3. The normalized spacial score (nSPS) is 39.9. The minimum atomic E-state index is -0.205. The average molecular weight is 330 g/mol. The molecule has 2 saturated carbocycles. The first-order valence-electron chi connectivity index (χ1n) is 9.41. The summed E-state index contributed by atoms with van der Waals surface area (Å²) in [6.45, 7) is 9.33. The maximum Gasteiger partial charge on any atom is 0.119 e. The standard InChI is InChI=1S/C21H30O3/c1-13(2)24-16-7-5-14(6-8-16)18-17-11-15-12-21(17,9-10-23-18)19(22)20(15,3)4/h5-8,13,15,17-19,22H,9-12H2,1-4H3/t15-,17-,18-,19-,21?/m1/s1. The van der Waals surface area contributed by atoms with Gasteiger partial charge in [-0.3, -0.25) is 0 Å². The topological polar surface area (TPSA) is 38.7 Å². The van der Waals surface area contributed by atoms with Crippen LogP contribution in [0.5, 0.6) is 5.75 Å². The van der Waals surface area contributed by atoms with Gasteiger partial charge in [-0.05, 0) is 68.1 Å². The zero-order valence-corrected chi connectivity index (χ0v) is 15.3. The van der Waals surface area contributed by atoms with E-state index in [2.05, 4.69) is 26.0 Å². The molecule has 1 saturated heterocycles. The van der Waals surface area contributed by atoms with Gasteiger partial charge in [0.25, 0.3) is 0 Å². The third-order valence-electron chi connectivity index (χ3n) is 7.02. The van der Waals surface area contributed by atoms with Gasteiger partial charge in [0.2, 0.25) is 0 Å². The molecule has 3 aliphatic rings. The Bertz CT molecular complexity index is 606. The summed E-state index contributed by atoms with van der Waals surface area (Å²) in [4.78, 5) is 0. The number of aliphatic hydroxyl groups excluding tert-OH is 1. The number of ether oxygens (including phenoxy) is 2. The zero-order chi connectivity index (χ0) is 17.1. The van der Waals surface area contributed by atoms with Crippen LogP contribution in [-0.2, 0) is 4.74 Å². The molecule has 4 rings (SSSR count). The van der Waals surface area contributed by atoms with Crippen LogP contribution in [-0.4, -0.2) is 23.9 Å². The van der Waals surface area contributed by atoms with Crippen LogP contribution in [0.25, 0.3) is 0 Å². The Labute approximate surface area is 145 Å². The Hall–Kier alpha value is -1.06. The van der Waals surface area contributed by atoms with Gasteiger partial charge >= 0.3 is 0 Å². The second kappa shape index (κ2) is 5.47. The van der Waals surface area contributed by atoms with Crippen molar-refractivity contribution in [3.05, 3.63) is 29.8 Å². The molecule has 132 valence electrons. The van der Waals surface area contributed by atoms with Gasteiger partial charge < -0.3 is 14.6 Å². The summed E-state index contributed by atoms with van der Waals surface area (Å²) in [7, 11) is 0. The Balaban J connectivity index is 1.60. The Morgan fingerprint density at radius 3 is 2.54 bits per heavy atom. The molecule has 2 bridgehead atoms. The molecule has 0 amide bonds. The average Bonchev–Trinajstić information content (AvgIpc) is 3.02. The zero-order valence-electron chi connectivity index (χ0n) is 15.3. The monoisotopic (exact) mass is 330 g/mol. The third-order valence-corrected chi connectivity index (χ3v) is 7.02. The van der Waals surface area contributed by atoms with Crippen LogP contribution >= 0.6 is 0 Å². The minimum absolute atomic E-state index is 0.0490. The lowest BCUT2D eigenvalue weighted by atomic mass is 9.60. The summed E-state index contributed by atoms with van der Waals surface area (Å²) in [6, 6.07) is 8.39. The van der Waals surface area contributed by atoms with E-state index in [0.29, 0.717) is 11.8 Å². The Morgan fingerprint density at radius 1 is 1.21 bits per heavy atom. The van der Waals surface area contributed by atoms with Gasteiger partial charge in [0.15, 0.2) is 0 Å². The van der Waals surface area contributed by atoms with Crippen LogP contribution in [0.4, 0.5) is 0 Å². The van der Waals surface area contributed by atoms with Crippen molar-refractivity contribution >= 4 is 0 Å². The van der Waals surface area contributed by atoms with Gasteiger partial charge in [0.1, 0.15) is 5.75 Å². The van der Waals surface area contributed by atoms with E-state index in [4.69, 9.17) is 9.47 Å². The van der Waals surface area contributed by atoms with Gasteiger partial charge in [-0.15, -0.1) is 0 Å². The molecule has 1 heterocycles. The Kier molecular flexibility index (Phi) is 3.74. The fourth-order valence-electron chi connectivity index (χ4n) is 5.76. The second-order valence-corrected chi connectivity index (χ2v) is 8.98. The minimum Gasteiger partial charge on any atom is -0.491 e. The van der Waals surface area contributed by atoms with Crippen LogP contribution in [0.1, 0.15) is 58.6 Å². The molecule has 1 aromatic rings. The molecule has 1 unspecified atom stereocenters. The molecule has 24 heavy (non-hydrogen) atoms. The van der Waals surface area contributed by atoms with Gasteiger partial charge in [0, 0.05) is 12.0 Å². The first kappa shape index (κ1) is 16.4. The van der Waals surface area contributed by atoms with E-state index in [1.165, 1.54) is 18.4 Å². The lowest BCUT2D eigenvalue weighted by molar-refractivity contribution is -0.164. The van der Waals surface area contributed by atoms with Crippen molar-refractivity contribution in [1.82, 2.24) is 0 Å². The second-order valence-electron chi connectivity index (χ2n) is 8.98. The van der Waals surface area contributed by atoms with Crippen LogP contribution in [0.15, 0.2) is 24.3 Å². The molecular formula is C21H30O3. The quantitative estimate of drug-likeness (QED) is 0.895. The molecule has 3 fully saturated rings. The van der Waals surface area contributed by atoms with Crippen LogP contribution < -0.4 is 4.74 Å². The first-order chi connectivity index (χ1) is 11.3. The molecule has 1 aromatic carbocycles. The van der Waals surface area contributed by atoms with E-state index in [-0.39, 0.29) is 29.1 Å². The molecule has 0 aromatic heterocycles. The largest absolute Gasteiger partial charge is 0.491 e. The predicted molar refractivity (Wildman–Crippen MR) is 94.0 cm³/mol. The van der Waals surface area contributed by atoms with E-state index >= 15 is 0 Å². The highest BCUT2D eigenvalue weighted by Crippen LogP contribution is 2.70. The van der Waals surface area contributed by atoms with E-state index in [1.54, 1.807) is 0 Å². The van der Waals surface area contributed by atoms with E-state index in [1.807, 2.05) is 26.0 Å². The lowest BCUT2D eigenvalue weighted by Crippen LogP contribution is -2.51. The molecule has 1 N–H and O–H groups in total. The van der Waals surface area contributed by atoms with Gasteiger partial charge in [0.05, 0.1) is 18.3 Å². The maximum atomic E-state index is 11.1. The summed E-state index contributed by atoms with van der Waals surface area (Å²) in [5.41, 5.74) is 1.34. The molecule has 1 aliphatic heterocycles. The predicted octanol–water partition coefficient (Wildman–Crippen LogP) is 4.35. The molecule has 3 heteroatoms.